The molecule has 2 aliphatic heterocycles. The van der Waals surface area contributed by atoms with Crippen molar-refractivity contribution in [1.29, 1.82) is 0 Å². The molecule has 2 aromatic rings. The largest absolute Gasteiger partial charge is 0.477 e. The Hall–Kier alpha value is -2.72. The van der Waals surface area contributed by atoms with E-state index in [1.165, 1.54) is 29.6 Å². The number of carbonyl (C=O) groups excluding carboxylic acids is 1. The van der Waals surface area contributed by atoms with Crippen molar-refractivity contribution >= 4 is 39.8 Å². The first-order valence-electron chi connectivity index (χ1n) is 8.38. The number of amides is 1. The lowest BCUT2D eigenvalue weighted by Gasteiger charge is -2.46. The van der Waals surface area contributed by atoms with Crippen LogP contribution in [0.15, 0.2) is 23.4 Å². The number of carboxylic acids is 1. The van der Waals surface area contributed by atoms with Gasteiger partial charge >= 0.3 is 5.97 Å². The summed E-state index contributed by atoms with van der Waals surface area (Å²) >= 11 is 1.38. The maximum atomic E-state index is 12.4. The number of imidazole rings is 1. The Morgan fingerprint density at radius 2 is 2.26 bits per heavy atom. The molecule has 4 atom stereocenters. The van der Waals surface area contributed by atoms with Crippen LogP contribution in [0.4, 0.5) is 0 Å². The fraction of sp³-hybridized carbons (Fsp3) is 0.412. The smallest absolute Gasteiger partial charge is 0.352 e. The predicted molar refractivity (Wildman–Crippen MR) is 97.2 cm³/mol. The zero-order valence-corrected chi connectivity index (χ0v) is 15.7. The highest BCUT2D eigenvalue weighted by molar-refractivity contribution is 7.18. The third kappa shape index (κ3) is 2.40. The number of aliphatic hydroxyl groups is 1. The molecule has 2 N–H and O–H groups in total. The van der Waals surface area contributed by atoms with Gasteiger partial charge in [0.25, 0.3) is 0 Å². The summed E-state index contributed by atoms with van der Waals surface area (Å²) in [6.07, 6.45) is 4.08. The summed E-state index contributed by atoms with van der Waals surface area (Å²) in [7, 11) is 1.44. The molecule has 0 spiro atoms. The lowest BCUT2D eigenvalue weighted by molar-refractivity contribution is -0.163. The van der Waals surface area contributed by atoms with Crippen LogP contribution in [-0.4, -0.2) is 61.8 Å². The van der Waals surface area contributed by atoms with Gasteiger partial charge < -0.3 is 20.0 Å². The average molecular weight is 390 g/mol. The highest BCUT2D eigenvalue weighted by Gasteiger charge is 2.60. The highest BCUT2D eigenvalue weighted by Crippen LogP contribution is 2.51. The molecule has 142 valence electrons. The Morgan fingerprint density at radius 1 is 1.52 bits per heavy atom. The number of rotatable bonds is 5. The van der Waals surface area contributed by atoms with Gasteiger partial charge in [0.15, 0.2) is 0 Å². The molecular weight excluding hydrogens is 372 g/mol. The summed E-state index contributed by atoms with van der Waals surface area (Å²) < 4.78 is 1.79. The van der Waals surface area contributed by atoms with Gasteiger partial charge in [0.2, 0.25) is 5.91 Å². The fourth-order valence-corrected chi connectivity index (χ4v) is 5.21. The van der Waals surface area contributed by atoms with Gasteiger partial charge in [-0.3, -0.25) is 9.20 Å². The first-order chi connectivity index (χ1) is 12.9. The van der Waals surface area contributed by atoms with Gasteiger partial charge in [0.05, 0.1) is 29.2 Å². The van der Waals surface area contributed by atoms with Crippen LogP contribution in [0.3, 0.4) is 0 Å². The van der Waals surface area contributed by atoms with E-state index in [0.717, 1.165) is 9.71 Å². The zero-order chi connectivity index (χ0) is 19.5. The highest BCUT2D eigenvalue weighted by atomic mass is 32.1. The molecule has 2 aromatic heterocycles. The Balaban J connectivity index is 1.82. The quantitative estimate of drug-likeness (QED) is 0.447. The summed E-state index contributed by atoms with van der Waals surface area (Å²) in [5.74, 6) is -2.27. The Kier molecular flexibility index (Phi) is 4.04. The Morgan fingerprint density at radius 3 is 2.89 bits per heavy atom. The second-order valence-corrected chi connectivity index (χ2v) is 7.71. The van der Waals surface area contributed by atoms with Crippen molar-refractivity contribution in [2.75, 3.05) is 7.11 Å². The van der Waals surface area contributed by atoms with E-state index in [2.05, 4.69) is 15.0 Å². The minimum absolute atomic E-state index is 0.000953. The second-order valence-electron chi connectivity index (χ2n) is 6.68. The Labute approximate surface area is 158 Å². The van der Waals surface area contributed by atoms with Crippen LogP contribution >= 0.6 is 11.3 Å². The van der Waals surface area contributed by atoms with E-state index in [9.17, 15) is 19.8 Å². The van der Waals surface area contributed by atoms with Gasteiger partial charge in [0.1, 0.15) is 29.7 Å². The average Bonchev–Trinajstić information content (AvgIpc) is 3.23. The van der Waals surface area contributed by atoms with E-state index < -0.39 is 18.0 Å². The number of carbonyl (C=O) groups is 2. The van der Waals surface area contributed by atoms with Gasteiger partial charge in [-0.15, -0.1) is 11.3 Å². The topological polar surface area (TPSA) is 117 Å². The van der Waals surface area contributed by atoms with Crippen molar-refractivity contribution in [3.05, 3.63) is 28.8 Å². The van der Waals surface area contributed by atoms with Crippen molar-refractivity contribution < 1.29 is 24.6 Å². The number of hydrogen-bond acceptors (Lipinski definition) is 7. The molecule has 0 unspecified atom stereocenters. The molecule has 4 heterocycles. The summed E-state index contributed by atoms with van der Waals surface area (Å²) in [6, 6.07) is -0.340. The first-order valence-corrected chi connectivity index (χ1v) is 9.20. The molecule has 1 saturated heterocycles. The minimum atomic E-state index is -1.14. The fourth-order valence-electron chi connectivity index (χ4n) is 4.03. The number of aliphatic hydroxyl groups excluding tert-OH is 1. The molecule has 1 fully saturated rings. The molecule has 0 aliphatic carbocycles. The van der Waals surface area contributed by atoms with Crippen LogP contribution in [0, 0.1) is 11.8 Å². The number of oxime groups is 1. The Bertz CT molecular complexity index is 1000. The van der Waals surface area contributed by atoms with E-state index in [1.54, 1.807) is 23.8 Å². The molecule has 0 radical (unpaired) electrons. The second kappa shape index (κ2) is 6.17. The third-order valence-corrected chi connectivity index (χ3v) is 6.32. The number of carboxylic acid groups (broad SMARTS) is 1. The summed E-state index contributed by atoms with van der Waals surface area (Å²) in [4.78, 5) is 36.2. The maximum Gasteiger partial charge on any atom is 0.352 e. The third-order valence-electron chi connectivity index (χ3n) is 5.16. The minimum Gasteiger partial charge on any atom is -0.477 e. The molecule has 27 heavy (non-hydrogen) atoms. The monoisotopic (exact) mass is 390 g/mol. The SMILES string of the molecule is CON=Cc1ncn2cc(C3=C(C(=O)O)N4C(=O)[C@H]([C@@H](C)O)[C@H]4[C@H]3C)sc12. The molecule has 0 saturated carbocycles. The lowest BCUT2D eigenvalue weighted by atomic mass is 9.77. The van der Waals surface area contributed by atoms with Gasteiger partial charge in [0, 0.05) is 17.7 Å². The number of aliphatic carboxylic acids is 1. The predicted octanol–water partition coefficient (Wildman–Crippen LogP) is 1.03. The maximum absolute atomic E-state index is 12.4. The molecule has 0 aromatic carbocycles. The van der Waals surface area contributed by atoms with Gasteiger partial charge in [-0.05, 0) is 6.92 Å². The molecule has 0 bridgehead atoms. The number of thiazole rings is 1. The van der Waals surface area contributed by atoms with E-state index in [4.69, 9.17) is 0 Å². The molecule has 4 rings (SSSR count). The lowest BCUT2D eigenvalue weighted by Crippen LogP contribution is -2.63. The van der Waals surface area contributed by atoms with Crippen LogP contribution in [0.5, 0.6) is 0 Å². The molecule has 2 aliphatic rings. The number of aromatic nitrogens is 2. The van der Waals surface area contributed by atoms with Crippen LogP contribution in [0.25, 0.3) is 10.4 Å². The first kappa shape index (κ1) is 17.7. The van der Waals surface area contributed by atoms with Crippen molar-refractivity contribution in [3.63, 3.8) is 0 Å². The van der Waals surface area contributed by atoms with Crippen LogP contribution in [0.2, 0.25) is 0 Å². The number of β-lactam (4-membered cyclic amide) rings is 1. The molecule has 10 heteroatoms. The van der Waals surface area contributed by atoms with Crippen molar-refractivity contribution in [2.24, 2.45) is 17.0 Å². The van der Waals surface area contributed by atoms with E-state index in [1.807, 2.05) is 6.92 Å². The molecular formula is C17H18N4O5S. The van der Waals surface area contributed by atoms with Crippen LogP contribution in [0.1, 0.15) is 24.4 Å². The van der Waals surface area contributed by atoms with E-state index in [-0.39, 0.29) is 23.6 Å². The zero-order valence-electron chi connectivity index (χ0n) is 14.9. The van der Waals surface area contributed by atoms with Gasteiger partial charge in [-0.25, -0.2) is 9.78 Å². The van der Waals surface area contributed by atoms with Crippen molar-refractivity contribution in [3.8, 4) is 0 Å². The normalized spacial score (nSPS) is 26.0. The molecule has 1 amide bonds. The van der Waals surface area contributed by atoms with Gasteiger partial charge in [-0.2, -0.15) is 0 Å². The molecule has 9 nitrogen and oxygen atoms in total. The number of fused-ring (bicyclic) bond motifs is 2. The van der Waals surface area contributed by atoms with E-state index in [0.29, 0.717) is 11.3 Å². The summed E-state index contributed by atoms with van der Waals surface area (Å²) in [5.41, 5.74) is 1.21. The standard InChI is InChI=1S/C17H18N4O5S/c1-7-11(10-5-20-6-18-9(4-19-26-3)16(20)27-10)14(17(24)25)21-13(7)12(8(2)22)15(21)23/h4-8,12-13,22H,1-3H3,(H,24,25)/t7-,8+,12+,13+/m0/s1. The van der Waals surface area contributed by atoms with Gasteiger partial charge in [-0.1, -0.05) is 12.1 Å². The summed E-state index contributed by atoms with van der Waals surface area (Å²) in [6.45, 7) is 3.46. The van der Waals surface area contributed by atoms with E-state index >= 15 is 0 Å². The van der Waals surface area contributed by atoms with Crippen LogP contribution < -0.4 is 0 Å². The van der Waals surface area contributed by atoms with Crippen molar-refractivity contribution in [1.82, 2.24) is 14.3 Å². The number of nitrogens with zero attached hydrogens (tertiary/aromatic N) is 4. The van der Waals surface area contributed by atoms with Crippen LogP contribution in [-0.2, 0) is 14.4 Å². The van der Waals surface area contributed by atoms with Crippen molar-refractivity contribution in [2.45, 2.75) is 26.0 Å². The number of hydrogen-bond donors (Lipinski definition) is 2. The summed E-state index contributed by atoms with van der Waals surface area (Å²) in [5, 5.41) is 23.4.